The van der Waals surface area contributed by atoms with Crippen molar-refractivity contribution in [2.24, 2.45) is 0 Å². The second-order valence-corrected chi connectivity index (χ2v) is 3.19. The van der Waals surface area contributed by atoms with Gasteiger partial charge in [0.15, 0.2) is 11.5 Å². The highest BCUT2D eigenvalue weighted by Crippen LogP contribution is 2.32. The van der Waals surface area contributed by atoms with Gasteiger partial charge in [-0.3, -0.25) is 0 Å². The third-order valence-corrected chi connectivity index (χ3v) is 2.29. The topological polar surface area (TPSA) is 44.8 Å². The fourth-order valence-electron chi connectivity index (χ4n) is 1.51. The van der Waals surface area contributed by atoms with Crippen molar-refractivity contribution in [1.82, 2.24) is 0 Å². The molecule has 0 bridgehead atoms. The first-order valence-corrected chi connectivity index (χ1v) is 5.04. The third-order valence-electron chi connectivity index (χ3n) is 2.29. The van der Waals surface area contributed by atoms with Crippen LogP contribution in [-0.4, -0.2) is 26.8 Å². The first-order chi connectivity index (χ1) is 7.65. The zero-order valence-electron chi connectivity index (χ0n) is 9.99. The smallest absolute Gasteiger partial charge is 0.338 e. The Morgan fingerprint density at radius 3 is 2.44 bits per heavy atom. The number of hydrogen-bond donors (Lipinski definition) is 0. The van der Waals surface area contributed by atoms with E-state index < -0.39 is 0 Å². The standard InChI is InChI=1S/C12H16O4/c1-5-16-12(13)9-6-7-10(14-3)11(15-4)8(9)2/h6-7H,5H2,1-4H3. The van der Waals surface area contributed by atoms with Gasteiger partial charge in [0, 0.05) is 5.56 Å². The molecule has 1 aromatic rings. The lowest BCUT2D eigenvalue weighted by atomic mass is 10.1. The molecule has 0 fully saturated rings. The van der Waals surface area contributed by atoms with Crippen LogP contribution in [0.5, 0.6) is 11.5 Å². The molecule has 1 aromatic carbocycles. The van der Waals surface area contributed by atoms with E-state index in [1.807, 2.05) is 0 Å². The van der Waals surface area contributed by atoms with E-state index in [1.165, 1.54) is 0 Å². The van der Waals surface area contributed by atoms with Gasteiger partial charge in [-0.25, -0.2) is 4.79 Å². The van der Waals surface area contributed by atoms with Crippen molar-refractivity contribution in [3.05, 3.63) is 23.3 Å². The van der Waals surface area contributed by atoms with E-state index >= 15 is 0 Å². The number of esters is 1. The van der Waals surface area contributed by atoms with Gasteiger partial charge in [0.05, 0.1) is 26.4 Å². The third kappa shape index (κ3) is 2.27. The molecule has 0 atom stereocenters. The van der Waals surface area contributed by atoms with Crippen LogP contribution in [-0.2, 0) is 4.74 Å². The van der Waals surface area contributed by atoms with Crippen LogP contribution in [0.1, 0.15) is 22.8 Å². The van der Waals surface area contributed by atoms with Gasteiger partial charge in [0.1, 0.15) is 0 Å². The number of ether oxygens (including phenoxy) is 3. The summed E-state index contributed by atoms with van der Waals surface area (Å²) in [7, 11) is 3.10. The van der Waals surface area contributed by atoms with Gasteiger partial charge >= 0.3 is 5.97 Å². The number of carbonyl (C=O) groups excluding carboxylic acids is 1. The summed E-state index contributed by atoms with van der Waals surface area (Å²) in [6, 6.07) is 3.37. The Labute approximate surface area is 95.1 Å². The van der Waals surface area contributed by atoms with Crippen molar-refractivity contribution >= 4 is 5.97 Å². The van der Waals surface area contributed by atoms with Crippen LogP contribution < -0.4 is 9.47 Å². The number of hydrogen-bond acceptors (Lipinski definition) is 4. The van der Waals surface area contributed by atoms with Crippen LogP contribution in [0.2, 0.25) is 0 Å². The minimum absolute atomic E-state index is 0.346. The normalized spacial score (nSPS) is 9.75. The molecule has 0 radical (unpaired) electrons. The lowest BCUT2D eigenvalue weighted by Crippen LogP contribution is -2.08. The van der Waals surface area contributed by atoms with Crippen LogP contribution >= 0.6 is 0 Å². The Kier molecular flexibility index (Phi) is 4.17. The van der Waals surface area contributed by atoms with Crippen molar-refractivity contribution in [1.29, 1.82) is 0 Å². The van der Waals surface area contributed by atoms with Gasteiger partial charge in [-0.15, -0.1) is 0 Å². The predicted molar refractivity (Wildman–Crippen MR) is 60.2 cm³/mol. The molecule has 0 N–H and O–H groups in total. The maximum atomic E-state index is 11.6. The van der Waals surface area contributed by atoms with Gasteiger partial charge in [-0.05, 0) is 26.0 Å². The average molecular weight is 224 g/mol. The molecule has 0 heterocycles. The molecule has 1 rings (SSSR count). The number of rotatable bonds is 4. The van der Waals surface area contributed by atoms with E-state index in [2.05, 4.69) is 0 Å². The Balaban J connectivity index is 3.18. The summed E-state index contributed by atoms with van der Waals surface area (Å²) in [6.07, 6.45) is 0. The molecule has 0 aromatic heterocycles. The zero-order valence-corrected chi connectivity index (χ0v) is 9.99. The Bertz CT molecular complexity index is 385. The quantitative estimate of drug-likeness (QED) is 0.735. The Morgan fingerprint density at radius 1 is 1.25 bits per heavy atom. The van der Waals surface area contributed by atoms with Gasteiger partial charge < -0.3 is 14.2 Å². The fourth-order valence-corrected chi connectivity index (χ4v) is 1.51. The van der Waals surface area contributed by atoms with E-state index in [-0.39, 0.29) is 5.97 Å². The Hall–Kier alpha value is -1.71. The monoisotopic (exact) mass is 224 g/mol. The molecule has 0 spiro atoms. The lowest BCUT2D eigenvalue weighted by molar-refractivity contribution is 0.0525. The van der Waals surface area contributed by atoms with Crippen molar-refractivity contribution in [2.75, 3.05) is 20.8 Å². The SMILES string of the molecule is CCOC(=O)c1ccc(OC)c(OC)c1C. The first kappa shape index (κ1) is 12.4. The van der Waals surface area contributed by atoms with E-state index in [4.69, 9.17) is 14.2 Å². The summed E-state index contributed by atoms with van der Waals surface area (Å²) in [4.78, 5) is 11.6. The molecular weight excluding hydrogens is 208 g/mol. The second-order valence-electron chi connectivity index (χ2n) is 3.19. The van der Waals surface area contributed by atoms with Crippen LogP contribution in [0.4, 0.5) is 0 Å². The van der Waals surface area contributed by atoms with Gasteiger partial charge in [-0.1, -0.05) is 0 Å². The van der Waals surface area contributed by atoms with Crippen molar-refractivity contribution in [2.45, 2.75) is 13.8 Å². The molecule has 0 saturated carbocycles. The van der Waals surface area contributed by atoms with Crippen LogP contribution in [0.15, 0.2) is 12.1 Å². The number of methoxy groups -OCH3 is 2. The molecule has 0 unspecified atom stereocenters. The molecular formula is C12H16O4. The van der Waals surface area contributed by atoms with Gasteiger partial charge in [0.2, 0.25) is 0 Å². The van der Waals surface area contributed by atoms with E-state index in [0.717, 1.165) is 5.56 Å². The minimum Gasteiger partial charge on any atom is -0.493 e. The minimum atomic E-state index is -0.346. The molecule has 0 amide bonds. The van der Waals surface area contributed by atoms with Crippen molar-refractivity contribution in [3.63, 3.8) is 0 Å². The molecule has 16 heavy (non-hydrogen) atoms. The molecule has 0 aliphatic rings. The highest BCUT2D eigenvalue weighted by molar-refractivity contribution is 5.92. The fraction of sp³-hybridized carbons (Fsp3) is 0.417. The summed E-state index contributed by atoms with van der Waals surface area (Å²) in [5.41, 5.74) is 1.22. The molecule has 0 saturated heterocycles. The number of carbonyl (C=O) groups is 1. The zero-order chi connectivity index (χ0) is 12.1. The van der Waals surface area contributed by atoms with Gasteiger partial charge in [0.25, 0.3) is 0 Å². The maximum Gasteiger partial charge on any atom is 0.338 e. The van der Waals surface area contributed by atoms with Crippen LogP contribution in [0.25, 0.3) is 0 Å². The summed E-state index contributed by atoms with van der Waals surface area (Å²) < 4.78 is 15.3. The highest BCUT2D eigenvalue weighted by Gasteiger charge is 2.16. The lowest BCUT2D eigenvalue weighted by Gasteiger charge is -2.13. The molecule has 0 aliphatic heterocycles. The average Bonchev–Trinajstić information content (AvgIpc) is 2.28. The number of benzene rings is 1. The van der Waals surface area contributed by atoms with Crippen LogP contribution in [0, 0.1) is 6.92 Å². The summed E-state index contributed by atoms with van der Waals surface area (Å²) >= 11 is 0. The summed E-state index contributed by atoms with van der Waals surface area (Å²) in [5, 5.41) is 0. The molecule has 4 nitrogen and oxygen atoms in total. The molecule has 88 valence electrons. The Morgan fingerprint density at radius 2 is 1.94 bits per heavy atom. The van der Waals surface area contributed by atoms with E-state index in [0.29, 0.717) is 23.7 Å². The maximum absolute atomic E-state index is 11.6. The molecule has 0 aliphatic carbocycles. The highest BCUT2D eigenvalue weighted by atomic mass is 16.5. The summed E-state index contributed by atoms with van der Waals surface area (Å²) in [5.74, 6) is 0.821. The van der Waals surface area contributed by atoms with Crippen LogP contribution in [0.3, 0.4) is 0 Å². The largest absolute Gasteiger partial charge is 0.493 e. The molecule has 4 heteroatoms. The van der Waals surface area contributed by atoms with E-state index in [9.17, 15) is 4.79 Å². The van der Waals surface area contributed by atoms with E-state index in [1.54, 1.807) is 40.2 Å². The summed E-state index contributed by atoms with van der Waals surface area (Å²) in [6.45, 7) is 3.92. The second kappa shape index (κ2) is 5.39. The van der Waals surface area contributed by atoms with Crippen molar-refractivity contribution < 1.29 is 19.0 Å². The predicted octanol–water partition coefficient (Wildman–Crippen LogP) is 2.19. The first-order valence-electron chi connectivity index (χ1n) is 5.04. The van der Waals surface area contributed by atoms with Crippen molar-refractivity contribution in [3.8, 4) is 11.5 Å². The van der Waals surface area contributed by atoms with Gasteiger partial charge in [-0.2, -0.15) is 0 Å².